The van der Waals surface area contributed by atoms with Gasteiger partial charge in [0.05, 0.1) is 0 Å². The lowest BCUT2D eigenvalue weighted by molar-refractivity contribution is 0.102. The van der Waals surface area contributed by atoms with Crippen LogP contribution in [0.25, 0.3) is 0 Å². The second-order valence-corrected chi connectivity index (χ2v) is 6.06. The number of nitrogens with zero attached hydrogens (tertiary/aromatic N) is 3. The fourth-order valence-electron chi connectivity index (χ4n) is 2.65. The van der Waals surface area contributed by atoms with Crippen molar-refractivity contribution in [3.63, 3.8) is 0 Å². The van der Waals surface area contributed by atoms with E-state index in [4.69, 9.17) is 11.6 Å². The molecule has 1 fully saturated rings. The molecular formula is C17H19ClN4O. The van der Waals surface area contributed by atoms with E-state index in [1.54, 1.807) is 18.3 Å². The van der Waals surface area contributed by atoms with E-state index < -0.39 is 0 Å². The predicted molar refractivity (Wildman–Crippen MR) is 92.2 cm³/mol. The minimum absolute atomic E-state index is 0.254. The molecule has 0 unspecified atom stereocenters. The normalized spacial score (nSPS) is 14.6. The van der Waals surface area contributed by atoms with Gasteiger partial charge in [-0.15, -0.1) is 0 Å². The Morgan fingerprint density at radius 1 is 1.22 bits per heavy atom. The molecule has 1 amide bonds. The van der Waals surface area contributed by atoms with E-state index in [9.17, 15) is 4.79 Å². The van der Waals surface area contributed by atoms with Gasteiger partial charge in [-0.2, -0.15) is 0 Å². The molecule has 1 aliphatic rings. The van der Waals surface area contributed by atoms with Crippen LogP contribution in [-0.4, -0.2) is 29.0 Å². The number of aromatic nitrogens is 2. The first-order valence-electron chi connectivity index (χ1n) is 7.79. The van der Waals surface area contributed by atoms with Crippen LogP contribution in [0.3, 0.4) is 0 Å². The third-order valence-electron chi connectivity index (χ3n) is 4.03. The second-order valence-electron chi connectivity index (χ2n) is 5.66. The van der Waals surface area contributed by atoms with Crippen molar-refractivity contribution in [3.05, 3.63) is 46.7 Å². The van der Waals surface area contributed by atoms with E-state index in [0.29, 0.717) is 22.4 Å². The van der Waals surface area contributed by atoms with Gasteiger partial charge in [-0.1, -0.05) is 17.7 Å². The number of nitrogens with one attached hydrogen (secondary N) is 1. The summed E-state index contributed by atoms with van der Waals surface area (Å²) >= 11 is 6.09. The average Bonchev–Trinajstić information content (AvgIpc) is 2.60. The predicted octanol–water partition coefficient (Wildman–Crippen LogP) is 3.68. The van der Waals surface area contributed by atoms with Gasteiger partial charge in [0.25, 0.3) is 5.91 Å². The smallest absolute Gasteiger partial charge is 0.274 e. The minimum Gasteiger partial charge on any atom is -0.341 e. The molecule has 0 aliphatic carbocycles. The molecule has 6 heteroatoms. The van der Waals surface area contributed by atoms with Gasteiger partial charge in [-0.05, 0) is 49.9 Å². The van der Waals surface area contributed by atoms with E-state index in [-0.39, 0.29) is 5.91 Å². The van der Waals surface area contributed by atoms with E-state index in [0.717, 1.165) is 31.5 Å². The van der Waals surface area contributed by atoms with Crippen LogP contribution in [0.5, 0.6) is 0 Å². The molecule has 2 aromatic rings. The zero-order valence-corrected chi connectivity index (χ0v) is 13.8. The van der Waals surface area contributed by atoms with Crippen molar-refractivity contribution in [2.45, 2.75) is 26.2 Å². The first kappa shape index (κ1) is 15.7. The number of rotatable bonds is 3. The molecule has 120 valence electrons. The molecule has 1 aliphatic heterocycles. The lowest BCUT2D eigenvalue weighted by Crippen LogP contribution is -2.31. The Morgan fingerprint density at radius 2 is 2.00 bits per heavy atom. The van der Waals surface area contributed by atoms with Crippen LogP contribution in [0.1, 0.15) is 35.3 Å². The van der Waals surface area contributed by atoms with Crippen molar-refractivity contribution in [2.75, 3.05) is 23.3 Å². The summed E-state index contributed by atoms with van der Waals surface area (Å²) in [5, 5.41) is 3.49. The van der Waals surface area contributed by atoms with Crippen molar-refractivity contribution < 1.29 is 4.79 Å². The van der Waals surface area contributed by atoms with Crippen LogP contribution >= 0.6 is 11.6 Å². The average molecular weight is 331 g/mol. The Hall–Kier alpha value is -2.14. The van der Waals surface area contributed by atoms with Crippen LogP contribution in [0.2, 0.25) is 5.02 Å². The molecule has 1 N–H and O–H groups in total. The third kappa shape index (κ3) is 3.62. The molecule has 0 bridgehead atoms. The van der Waals surface area contributed by atoms with Gasteiger partial charge in [0.15, 0.2) is 0 Å². The van der Waals surface area contributed by atoms with Crippen LogP contribution < -0.4 is 10.2 Å². The van der Waals surface area contributed by atoms with Crippen molar-refractivity contribution in [1.29, 1.82) is 0 Å². The number of hydrogen-bond donors (Lipinski definition) is 1. The third-order valence-corrected chi connectivity index (χ3v) is 4.44. The quantitative estimate of drug-likeness (QED) is 0.932. The topological polar surface area (TPSA) is 58.1 Å². The summed E-state index contributed by atoms with van der Waals surface area (Å²) in [4.78, 5) is 23.3. The molecule has 0 radical (unpaired) electrons. The van der Waals surface area contributed by atoms with Crippen molar-refractivity contribution in [1.82, 2.24) is 9.97 Å². The van der Waals surface area contributed by atoms with Gasteiger partial charge < -0.3 is 10.2 Å². The Labute approximate surface area is 140 Å². The number of piperidine rings is 1. The molecule has 23 heavy (non-hydrogen) atoms. The zero-order chi connectivity index (χ0) is 16.2. The number of carbonyl (C=O) groups is 1. The summed E-state index contributed by atoms with van der Waals surface area (Å²) in [6, 6.07) is 7.06. The molecule has 3 rings (SSSR count). The summed E-state index contributed by atoms with van der Waals surface area (Å²) < 4.78 is 0. The van der Waals surface area contributed by atoms with Gasteiger partial charge in [0.1, 0.15) is 5.69 Å². The van der Waals surface area contributed by atoms with Crippen LogP contribution in [0.4, 0.5) is 11.6 Å². The standard InChI is InChI=1S/C17H19ClN4O/c1-12-13(18)6-5-7-14(12)20-16(23)15-8-9-19-17(21-15)22-10-3-2-4-11-22/h5-9H,2-4,10-11H2,1H3,(H,20,23). The fourth-order valence-corrected chi connectivity index (χ4v) is 2.82. The summed E-state index contributed by atoms with van der Waals surface area (Å²) in [5.74, 6) is 0.371. The van der Waals surface area contributed by atoms with Crippen LogP contribution in [0, 0.1) is 6.92 Å². The van der Waals surface area contributed by atoms with Gasteiger partial charge in [-0.3, -0.25) is 4.79 Å². The number of amides is 1. The molecular weight excluding hydrogens is 312 g/mol. The molecule has 2 heterocycles. The fraction of sp³-hybridized carbons (Fsp3) is 0.353. The highest BCUT2D eigenvalue weighted by molar-refractivity contribution is 6.31. The zero-order valence-electron chi connectivity index (χ0n) is 13.1. The monoisotopic (exact) mass is 330 g/mol. The van der Waals surface area contributed by atoms with Crippen molar-refractivity contribution in [3.8, 4) is 0 Å². The highest BCUT2D eigenvalue weighted by atomic mass is 35.5. The minimum atomic E-state index is -0.254. The van der Waals surface area contributed by atoms with Crippen molar-refractivity contribution in [2.24, 2.45) is 0 Å². The Morgan fingerprint density at radius 3 is 2.78 bits per heavy atom. The van der Waals surface area contributed by atoms with E-state index in [1.165, 1.54) is 6.42 Å². The van der Waals surface area contributed by atoms with Crippen LogP contribution in [-0.2, 0) is 0 Å². The Bertz CT molecular complexity index is 713. The summed E-state index contributed by atoms with van der Waals surface area (Å²) in [5.41, 5.74) is 1.90. The number of halogens is 1. The highest BCUT2D eigenvalue weighted by Gasteiger charge is 2.16. The maximum atomic E-state index is 12.4. The molecule has 1 aromatic carbocycles. The lowest BCUT2D eigenvalue weighted by atomic mass is 10.1. The molecule has 1 aromatic heterocycles. The summed E-state index contributed by atoms with van der Waals surface area (Å²) in [6.45, 7) is 3.76. The largest absolute Gasteiger partial charge is 0.341 e. The maximum Gasteiger partial charge on any atom is 0.274 e. The number of carbonyl (C=O) groups excluding carboxylic acids is 1. The van der Waals surface area contributed by atoms with Crippen LogP contribution in [0.15, 0.2) is 30.5 Å². The highest BCUT2D eigenvalue weighted by Crippen LogP contribution is 2.23. The van der Waals surface area contributed by atoms with Gasteiger partial charge in [0, 0.05) is 30.0 Å². The molecule has 5 nitrogen and oxygen atoms in total. The van der Waals surface area contributed by atoms with E-state index in [1.807, 2.05) is 19.1 Å². The summed E-state index contributed by atoms with van der Waals surface area (Å²) in [7, 11) is 0. The van der Waals surface area contributed by atoms with Gasteiger partial charge >= 0.3 is 0 Å². The molecule has 0 saturated carbocycles. The lowest BCUT2D eigenvalue weighted by Gasteiger charge is -2.26. The Kier molecular flexibility index (Phi) is 4.76. The molecule has 0 atom stereocenters. The van der Waals surface area contributed by atoms with E-state index >= 15 is 0 Å². The number of hydrogen-bond acceptors (Lipinski definition) is 4. The molecule has 1 saturated heterocycles. The van der Waals surface area contributed by atoms with Gasteiger partial charge in [0.2, 0.25) is 5.95 Å². The number of anilines is 2. The first-order valence-corrected chi connectivity index (χ1v) is 8.17. The maximum absolute atomic E-state index is 12.4. The van der Waals surface area contributed by atoms with Gasteiger partial charge in [-0.25, -0.2) is 9.97 Å². The second kappa shape index (κ2) is 6.96. The SMILES string of the molecule is Cc1c(Cl)cccc1NC(=O)c1ccnc(N2CCCCC2)n1. The number of benzene rings is 1. The first-order chi connectivity index (χ1) is 11.1. The van der Waals surface area contributed by atoms with E-state index in [2.05, 4.69) is 20.2 Å². The molecule has 0 spiro atoms. The summed E-state index contributed by atoms with van der Waals surface area (Å²) in [6.07, 6.45) is 5.16. The Balaban J connectivity index is 1.78. The van der Waals surface area contributed by atoms with Crippen molar-refractivity contribution >= 4 is 29.1 Å².